The molecule has 1 aliphatic heterocycles. The lowest BCUT2D eigenvalue weighted by Crippen LogP contribution is -2.46. The van der Waals surface area contributed by atoms with E-state index >= 15 is 0 Å². The number of ether oxygens (including phenoxy) is 3. The average Bonchev–Trinajstić information content (AvgIpc) is 2.95. The molecule has 0 spiro atoms. The Kier molecular flexibility index (Phi) is 8.07. The second-order valence-electron chi connectivity index (χ2n) is 9.60. The van der Waals surface area contributed by atoms with Crippen molar-refractivity contribution in [1.82, 2.24) is 15.2 Å². The van der Waals surface area contributed by atoms with Crippen LogP contribution in [-0.2, 0) is 16.1 Å². The number of nitrogens with one attached hydrogen (secondary N) is 2. The molecule has 1 aromatic heterocycles. The molecule has 0 bridgehead atoms. The van der Waals surface area contributed by atoms with Gasteiger partial charge in [0.05, 0.1) is 19.2 Å². The van der Waals surface area contributed by atoms with Crippen LogP contribution >= 0.6 is 0 Å². The molecule has 1 aliphatic rings. The van der Waals surface area contributed by atoms with E-state index in [1.165, 1.54) is 12.1 Å². The number of anilines is 1. The van der Waals surface area contributed by atoms with E-state index in [1.807, 2.05) is 30.3 Å². The summed E-state index contributed by atoms with van der Waals surface area (Å²) >= 11 is 0. The highest BCUT2D eigenvalue weighted by Crippen LogP contribution is 2.38. The highest BCUT2D eigenvalue weighted by atomic mass is 19.1. The van der Waals surface area contributed by atoms with Crippen LogP contribution in [0.5, 0.6) is 23.0 Å². The van der Waals surface area contributed by atoms with Crippen LogP contribution in [0.15, 0.2) is 72.9 Å². The first-order chi connectivity index (χ1) is 19.4. The van der Waals surface area contributed by atoms with Gasteiger partial charge in [0.25, 0.3) is 0 Å². The van der Waals surface area contributed by atoms with E-state index in [4.69, 9.17) is 14.2 Å². The summed E-state index contributed by atoms with van der Waals surface area (Å²) < 4.78 is 32.4. The summed E-state index contributed by atoms with van der Waals surface area (Å²) in [5.74, 6) is -0.588. The fourth-order valence-electron chi connectivity index (χ4n) is 4.46. The van der Waals surface area contributed by atoms with Crippen molar-refractivity contribution in [2.45, 2.75) is 6.54 Å². The molecular formula is C30H29FN4O5. The third-order valence-electron chi connectivity index (χ3n) is 6.51. The van der Waals surface area contributed by atoms with E-state index < -0.39 is 17.6 Å². The molecule has 2 heterocycles. The van der Waals surface area contributed by atoms with E-state index in [1.54, 1.807) is 31.5 Å². The number of aromatic nitrogens is 1. The molecule has 2 amide bonds. The number of fused-ring (bicyclic) bond motifs is 1. The van der Waals surface area contributed by atoms with Crippen LogP contribution < -0.4 is 24.8 Å². The number of nitrogens with zero attached hydrogens (tertiary/aromatic N) is 2. The molecule has 0 saturated carbocycles. The van der Waals surface area contributed by atoms with Gasteiger partial charge in [0, 0.05) is 55.0 Å². The Labute approximate surface area is 230 Å². The third kappa shape index (κ3) is 6.29. The number of pyridine rings is 1. The maximum absolute atomic E-state index is 15.0. The zero-order valence-electron chi connectivity index (χ0n) is 22.1. The van der Waals surface area contributed by atoms with Crippen molar-refractivity contribution >= 4 is 28.4 Å². The zero-order chi connectivity index (χ0) is 28.1. The number of likely N-dealkylation sites (tertiary alicyclic amines) is 1. The van der Waals surface area contributed by atoms with Crippen molar-refractivity contribution in [3.63, 3.8) is 0 Å². The van der Waals surface area contributed by atoms with Crippen molar-refractivity contribution < 1.29 is 28.2 Å². The maximum atomic E-state index is 15.0. The minimum absolute atomic E-state index is 0.0626. The number of carbonyl (C=O) groups excluding carboxylic acids is 2. The third-order valence-corrected chi connectivity index (χ3v) is 6.51. The monoisotopic (exact) mass is 544 g/mol. The van der Waals surface area contributed by atoms with Crippen LogP contribution in [0.4, 0.5) is 10.1 Å². The number of halogens is 1. The highest BCUT2D eigenvalue weighted by molar-refractivity contribution is 6.39. The minimum atomic E-state index is -0.904. The van der Waals surface area contributed by atoms with Crippen molar-refractivity contribution in [2.24, 2.45) is 5.92 Å². The predicted octanol–water partition coefficient (Wildman–Crippen LogP) is 4.37. The molecular weight excluding hydrogens is 515 g/mol. The van der Waals surface area contributed by atoms with Gasteiger partial charge >= 0.3 is 11.8 Å². The van der Waals surface area contributed by atoms with Crippen LogP contribution in [-0.4, -0.2) is 55.6 Å². The fourth-order valence-corrected chi connectivity index (χ4v) is 4.46. The van der Waals surface area contributed by atoms with Gasteiger partial charge in [0.1, 0.15) is 5.75 Å². The predicted molar refractivity (Wildman–Crippen MR) is 148 cm³/mol. The lowest BCUT2D eigenvalue weighted by atomic mass is 10.0. The van der Waals surface area contributed by atoms with Gasteiger partial charge < -0.3 is 29.7 Å². The molecule has 2 N–H and O–H groups in total. The molecule has 10 heteroatoms. The Morgan fingerprint density at radius 2 is 1.77 bits per heavy atom. The maximum Gasteiger partial charge on any atom is 0.313 e. The highest BCUT2D eigenvalue weighted by Gasteiger charge is 2.24. The van der Waals surface area contributed by atoms with E-state index in [2.05, 4.69) is 27.6 Å². The SMILES string of the molecule is COc1cc2c(Oc3ccc(NC(=O)C(=O)NCc4ccccc4)cc3F)ccnc2cc1OCC1CN(C)C1. The van der Waals surface area contributed by atoms with Crippen LogP contribution in [0.25, 0.3) is 10.9 Å². The van der Waals surface area contributed by atoms with Crippen LogP contribution in [0, 0.1) is 11.7 Å². The lowest BCUT2D eigenvalue weighted by molar-refractivity contribution is -0.136. The van der Waals surface area contributed by atoms with E-state index in [-0.39, 0.29) is 18.0 Å². The molecule has 0 radical (unpaired) electrons. The number of rotatable bonds is 9. The van der Waals surface area contributed by atoms with Crippen LogP contribution in [0.1, 0.15) is 5.56 Å². The number of hydrogen-bond acceptors (Lipinski definition) is 7. The fraction of sp³-hybridized carbons (Fsp3) is 0.233. The second kappa shape index (κ2) is 12.0. The molecule has 1 saturated heterocycles. The van der Waals surface area contributed by atoms with Crippen LogP contribution in [0.2, 0.25) is 0 Å². The van der Waals surface area contributed by atoms with Gasteiger partial charge in [-0.3, -0.25) is 14.6 Å². The van der Waals surface area contributed by atoms with Gasteiger partial charge in [-0.15, -0.1) is 0 Å². The summed E-state index contributed by atoms with van der Waals surface area (Å²) in [6.45, 7) is 2.75. The summed E-state index contributed by atoms with van der Waals surface area (Å²) in [6.07, 6.45) is 1.56. The van der Waals surface area contributed by atoms with E-state index in [9.17, 15) is 14.0 Å². The molecule has 0 unspecified atom stereocenters. The van der Waals surface area contributed by atoms with Gasteiger partial charge in [0.2, 0.25) is 0 Å². The first-order valence-corrected chi connectivity index (χ1v) is 12.8. The quantitative estimate of drug-likeness (QED) is 0.302. The summed E-state index contributed by atoms with van der Waals surface area (Å²) in [4.78, 5) is 31.0. The standard InChI is InChI=1S/C30H29FN4O5/c1-35-16-20(17-35)18-39-28-14-24-22(13-27(28)38-2)25(10-11-32-24)40-26-9-8-21(12-23(26)31)34-30(37)29(36)33-15-19-6-4-3-5-7-19/h3-14,20H,15-18H2,1-2H3,(H,33,36)(H,34,37). The minimum Gasteiger partial charge on any atom is -0.493 e. The Morgan fingerprint density at radius 3 is 2.50 bits per heavy atom. The molecule has 4 aromatic rings. The number of benzene rings is 3. The smallest absolute Gasteiger partial charge is 0.313 e. The Bertz CT molecular complexity index is 1530. The Hall–Kier alpha value is -4.70. The number of methoxy groups -OCH3 is 1. The topological polar surface area (TPSA) is 102 Å². The molecule has 206 valence electrons. The molecule has 1 fully saturated rings. The lowest BCUT2D eigenvalue weighted by Gasteiger charge is -2.35. The summed E-state index contributed by atoms with van der Waals surface area (Å²) in [5, 5.41) is 5.55. The Balaban J connectivity index is 1.25. The van der Waals surface area contributed by atoms with Crippen molar-refractivity contribution in [2.75, 3.05) is 39.2 Å². The normalized spacial score (nSPS) is 13.4. The van der Waals surface area contributed by atoms with Crippen molar-refractivity contribution in [3.05, 3.63) is 84.3 Å². The first kappa shape index (κ1) is 26.9. The van der Waals surface area contributed by atoms with Gasteiger partial charge in [-0.25, -0.2) is 4.39 Å². The summed E-state index contributed by atoms with van der Waals surface area (Å²) in [5.41, 5.74) is 1.57. The van der Waals surface area contributed by atoms with Gasteiger partial charge in [-0.05, 0) is 36.9 Å². The van der Waals surface area contributed by atoms with Gasteiger partial charge in [-0.2, -0.15) is 0 Å². The van der Waals surface area contributed by atoms with Crippen molar-refractivity contribution in [3.8, 4) is 23.0 Å². The average molecular weight is 545 g/mol. The first-order valence-electron chi connectivity index (χ1n) is 12.8. The number of carbonyl (C=O) groups is 2. The number of hydrogen-bond donors (Lipinski definition) is 2. The molecule has 5 rings (SSSR count). The molecule has 0 aliphatic carbocycles. The second-order valence-corrected chi connectivity index (χ2v) is 9.60. The summed E-state index contributed by atoms with van der Waals surface area (Å²) in [7, 11) is 3.62. The number of amides is 2. The van der Waals surface area contributed by atoms with E-state index in [0.717, 1.165) is 24.7 Å². The molecule has 0 atom stereocenters. The summed E-state index contributed by atoms with van der Waals surface area (Å²) in [6, 6.07) is 18.3. The van der Waals surface area contributed by atoms with Gasteiger partial charge in [0.15, 0.2) is 23.1 Å². The van der Waals surface area contributed by atoms with Crippen molar-refractivity contribution in [1.29, 1.82) is 0 Å². The largest absolute Gasteiger partial charge is 0.493 e. The Morgan fingerprint density at radius 1 is 0.975 bits per heavy atom. The zero-order valence-corrected chi connectivity index (χ0v) is 22.1. The van der Waals surface area contributed by atoms with Gasteiger partial charge in [-0.1, -0.05) is 30.3 Å². The molecule has 9 nitrogen and oxygen atoms in total. The molecule has 3 aromatic carbocycles. The van der Waals surface area contributed by atoms with Crippen LogP contribution in [0.3, 0.4) is 0 Å². The van der Waals surface area contributed by atoms with E-state index in [0.29, 0.717) is 40.7 Å². The molecule has 40 heavy (non-hydrogen) atoms.